The van der Waals surface area contributed by atoms with Gasteiger partial charge in [-0.1, -0.05) is 15.9 Å². The maximum Gasteiger partial charge on any atom is 0.344 e. The fourth-order valence-electron chi connectivity index (χ4n) is 2.03. The Hall–Kier alpha value is -2.73. The largest absolute Gasteiger partial charge is 0.497 e. The van der Waals surface area contributed by atoms with Gasteiger partial charge < -0.3 is 9.47 Å². The normalized spacial score (nSPS) is 10.2. The Bertz CT molecular complexity index is 832. The quantitative estimate of drug-likeness (QED) is 0.632. The van der Waals surface area contributed by atoms with Gasteiger partial charge in [-0.05, 0) is 54.6 Å². The molecule has 0 bridgehead atoms. The predicted octanol–water partition coefficient (Wildman–Crippen LogP) is 4.13. The molecule has 0 atom stereocenters. The molecule has 0 aliphatic heterocycles. The summed E-state index contributed by atoms with van der Waals surface area (Å²) < 4.78 is 11.2. The van der Waals surface area contributed by atoms with Crippen molar-refractivity contribution in [2.75, 3.05) is 7.11 Å². The summed E-state index contributed by atoms with van der Waals surface area (Å²) >= 11 is 3.32. The number of hydrogen-bond donors (Lipinski definition) is 0. The van der Waals surface area contributed by atoms with Crippen molar-refractivity contribution in [2.45, 2.75) is 0 Å². The molecule has 0 N–H and O–H groups in total. The van der Waals surface area contributed by atoms with Crippen LogP contribution in [0.1, 0.15) is 10.4 Å². The van der Waals surface area contributed by atoms with Crippen LogP contribution in [0.15, 0.2) is 65.1 Å². The zero-order chi connectivity index (χ0) is 16.9. The van der Waals surface area contributed by atoms with Crippen LogP contribution in [0, 0.1) is 0 Å². The Morgan fingerprint density at radius 1 is 0.917 bits per heavy atom. The molecule has 0 saturated heterocycles. The lowest BCUT2D eigenvalue weighted by atomic mass is 10.1. The van der Waals surface area contributed by atoms with Crippen molar-refractivity contribution in [3.63, 3.8) is 0 Å². The summed E-state index contributed by atoms with van der Waals surface area (Å²) in [5, 5.41) is 8.04. The summed E-state index contributed by atoms with van der Waals surface area (Å²) in [6.45, 7) is 0. The zero-order valence-corrected chi connectivity index (χ0v) is 14.4. The van der Waals surface area contributed by atoms with E-state index in [1.54, 1.807) is 43.5 Å². The van der Waals surface area contributed by atoms with Gasteiger partial charge in [0.15, 0.2) is 0 Å². The van der Waals surface area contributed by atoms with E-state index >= 15 is 0 Å². The minimum atomic E-state index is -0.478. The first-order valence-corrected chi connectivity index (χ1v) is 7.91. The van der Waals surface area contributed by atoms with Gasteiger partial charge in [-0.15, -0.1) is 10.2 Å². The lowest BCUT2D eigenvalue weighted by Gasteiger charge is -2.05. The van der Waals surface area contributed by atoms with E-state index in [1.165, 1.54) is 0 Å². The molecule has 0 amide bonds. The number of methoxy groups -OCH3 is 1. The number of benzene rings is 2. The van der Waals surface area contributed by atoms with Crippen molar-refractivity contribution in [3.05, 3.63) is 70.7 Å². The third kappa shape index (κ3) is 3.78. The highest BCUT2D eigenvalue weighted by Gasteiger charge is 2.10. The van der Waals surface area contributed by atoms with Crippen LogP contribution < -0.4 is 9.47 Å². The van der Waals surface area contributed by atoms with E-state index in [2.05, 4.69) is 26.1 Å². The first-order valence-electron chi connectivity index (χ1n) is 7.11. The van der Waals surface area contributed by atoms with E-state index in [4.69, 9.17) is 9.47 Å². The van der Waals surface area contributed by atoms with Crippen molar-refractivity contribution in [1.29, 1.82) is 0 Å². The molecule has 0 aliphatic carbocycles. The second-order valence-electron chi connectivity index (χ2n) is 4.88. The summed E-state index contributed by atoms with van der Waals surface area (Å²) in [5.74, 6) is 0.445. The molecule has 0 radical (unpaired) electrons. The van der Waals surface area contributed by atoms with Crippen LogP contribution in [0.5, 0.6) is 11.6 Å². The monoisotopic (exact) mass is 384 g/mol. The average Bonchev–Trinajstić information content (AvgIpc) is 2.63. The molecule has 3 aromatic rings. The number of carbonyl (C=O) groups is 1. The number of aromatic nitrogens is 2. The molecule has 5 nitrogen and oxygen atoms in total. The summed E-state index contributed by atoms with van der Waals surface area (Å²) in [6, 6.07) is 17.7. The third-order valence-electron chi connectivity index (χ3n) is 3.30. The van der Waals surface area contributed by atoms with Crippen LogP contribution >= 0.6 is 15.9 Å². The van der Waals surface area contributed by atoms with Crippen molar-refractivity contribution in [3.8, 4) is 22.9 Å². The third-order valence-corrected chi connectivity index (χ3v) is 3.83. The molecule has 0 unspecified atom stereocenters. The Morgan fingerprint density at radius 2 is 1.62 bits per heavy atom. The average molecular weight is 385 g/mol. The maximum atomic E-state index is 12.0. The second-order valence-corrected chi connectivity index (χ2v) is 5.80. The lowest BCUT2D eigenvalue weighted by Crippen LogP contribution is -2.09. The highest BCUT2D eigenvalue weighted by molar-refractivity contribution is 9.10. The Balaban J connectivity index is 1.71. The molecule has 1 aromatic heterocycles. The molecule has 3 rings (SSSR count). The van der Waals surface area contributed by atoms with E-state index in [0.29, 0.717) is 11.3 Å². The summed E-state index contributed by atoms with van der Waals surface area (Å²) in [6.07, 6.45) is 0. The molecule has 0 saturated carbocycles. The van der Waals surface area contributed by atoms with Crippen molar-refractivity contribution in [1.82, 2.24) is 10.2 Å². The zero-order valence-electron chi connectivity index (χ0n) is 12.8. The van der Waals surface area contributed by atoms with Gasteiger partial charge in [0.2, 0.25) is 5.88 Å². The number of rotatable bonds is 4. The summed E-state index contributed by atoms with van der Waals surface area (Å²) in [4.78, 5) is 12.0. The number of hydrogen-bond acceptors (Lipinski definition) is 5. The van der Waals surface area contributed by atoms with Gasteiger partial charge in [0.1, 0.15) is 5.75 Å². The molecule has 0 aliphatic rings. The number of nitrogens with zero attached hydrogens (tertiary/aromatic N) is 2. The summed E-state index contributed by atoms with van der Waals surface area (Å²) in [5.41, 5.74) is 2.02. The van der Waals surface area contributed by atoms with Crippen LogP contribution in [0.4, 0.5) is 0 Å². The molecular weight excluding hydrogens is 372 g/mol. The van der Waals surface area contributed by atoms with Crippen molar-refractivity contribution < 1.29 is 14.3 Å². The maximum absolute atomic E-state index is 12.0. The SMILES string of the molecule is COc1ccc(-c2ccc(OC(=O)c3ccc(Br)cc3)nn2)cc1. The molecular formula is C18H13BrN2O3. The standard InChI is InChI=1S/C18H13BrN2O3/c1-23-15-8-4-12(5-9-15)16-10-11-17(21-20-16)24-18(22)13-2-6-14(19)7-3-13/h2-11H,1H3. The fourth-order valence-corrected chi connectivity index (χ4v) is 2.29. The van der Waals surface area contributed by atoms with Crippen LogP contribution in [0.2, 0.25) is 0 Å². The fraction of sp³-hybridized carbons (Fsp3) is 0.0556. The summed E-state index contributed by atoms with van der Waals surface area (Å²) in [7, 11) is 1.61. The Kier molecular flexibility index (Phi) is 4.86. The van der Waals surface area contributed by atoms with Gasteiger partial charge >= 0.3 is 5.97 Å². The molecule has 0 spiro atoms. The van der Waals surface area contributed by atoms with Crippen molar-refractivity contribution in [2.24, 2.45) is 0 Å². The molecule has 6 heteroatoms. The lowest BCUT2D eigenvalue weighted by molar-refractivity contribution is 0.0726. The Morgan fingerprint density at radius 3 is 2.21 bits per heavy atom. The molecule has 120 valence electrons. The first-order chi connectivity index (χ1) is 11.7. The number of esters is 1. The highest BCUT2D eigenvalue weighted by Crippen LogP contribution is 2.21. The van der Waals surface area contributed by atoms with Gasteiger partial charge in [-0.2, -0.15) is 0 Å². The van der Waals surface area contributed by atoms with E-state index in [9.17, 15) is 4.79 Å². The van der Waals surface area contributed by atoms with E-state index < -0.39 is 5.97 Å². The molecule has 1 heterocycles. The van der Waals surface area contributed by atoms with Crippen LogP contribution in [0.3, 0.4) is 0 Å². The van der Waals surface area contributed by atoms with Crippen LogP contribution in [0.25, 0.3) is 11.3 Å². The smallest absolute Gasteiger partial charge is 0.344 e. The van der Waals surface area contributed by atoms with Gasteiger partial charge in [-0.25, -0.2) is 4.79 Å². The predicted molar refractivity (Wildman–Crippen MR) is 93.1 cm³/mol. The van der Waals surface area contributed by atoms with Gasteiger partial charge in [0.05, 0.1) is 18.4 Å². The van der Waals surface area contributed by atoms with Crippen LogP contribution in [-0.2, 0) is 0 Å². The number of halogens is 1. The minimum absolute atomic E-state index is 0.153. The second kappa shape index (κ2) is 7.23. The van der Waals surface area contributed by atoms with E-state index in [-0.39, 0.29) is 5.88 Å². The molecule has 2 aromatic carbocycles. The van der Waals surface area contributed by atoms with E-state index in [1.807, 2.05) is 24.3 Å². The number of ether oxygens (including phenoxy) is 2. The molecule has 24 heavy (non-hydrogen) atoms. The van der Waals surface area contributed by atoms with Gasteiger partial charge in [-0.3, -0.25) is 0 Å². The van der Waals surface area contributed by atoms with Crippen molar-refractivity contribution >= 4 is 21.9 Å². The minimum Gasteiger partial charge on any atom is -0.497 e. The van der Waals surface area contributed by atoms with Gasteiger partial charge in [0, 0.05) is 16.1 Å². The Labute approximate surface area is 147 Å². The van der Waals surface area contributed by atoms with Gasteiger partial charge in [0.25, 0.3) is 0 Å². The number of carbonyl (C=O) groups excluding carboxylic acids is 1. The van der Waals surface area contributed by atoms with Crippen LogP contribution in [-0.4, -0.2) is 23.3 Å². The highest BCUT2D eigenvalue weighted by atomic mass is 79.9. The molecule has 0 fully saturated rings. The van der Waals surface area contributed by atoms with E-state index in [0.717, 1.165) is 15.8 Å². The first kappa shape index (κ1) is 16.1. The topological polar surface area (TPSA) is 61.3 Å².